The van der Waals surface area contributed by atoms with Crippen molar-refractivity contribution < 1.29 is 4.74 Å². The van der Waals surface area contributed by atoms with Crippen molar-refractivity contribution in [2.45, 2.75) is 40.0 Å². The smallest absolute Gasteiger partial charge is 0.259 e. The lowest BCUT2D eigenvalue weighted by Gasteiger charge is -2.19. The third-order valence-corrected chi connectivity index (χ3v) is 6.69. The van der Waals surface area contributed by atoms with Crippen LogP contribution in [0.5, 0.6) is 5.75 Å². The van der Waals surface area contributed by atoms with Crippen LogP contribution in [0.4, 0.5) is 11.6 Å². The molecule has 0 unspecified atom stereocenters. The number of benzene rings is 2. The molecule has 0 radical (unpaired) electrons. The Bertz CT molecular complexity index is 1400. The summed E-state index contributed by atoms with van der Waals surface area (Å²) in [4.78, 5) is 24.6. The van der Waals surface area contributed by atoms with Crippen molar-refractivity contribution in [3.63, 3.8) is 0 Å². The Kier molecular flexibility index (Phi) is 7.93. The molecule has 0 atom stereocenters. The Hall–Kier alpha value is -3.71. The zero-order valence-corrected chi connectivity index (χ0v) is 22.7. The first-order valence-corrected chi connectivity index (χ1v) is 12.9. The van der Waals surface area contributed by atoms with Gasteiger partial charge in [0.25, 0.3) is 5.56 Å². The fraction of sp³-hybridized carbons (Fsp3) is 0.367. The van der Waals surface area contributed by atoms with Gasteiger partial charge in [-0.05, 0) is 60.0 Å². The molecule has 0 aliphatic rings. The fourth-order valence-corrected chi connectivity index (χ4v) is 4.26. The molecule has 2 aromatic carbocycles. The summed E-state index contributed by atoms with van der Waals surface area (Å²) in [5, 5.41) is 4.03. The number of anilines is 2. The Labute approximate surface area is 219 Å². The summed E-state index contributed by atoms with van der Waals surface area (Å²) < 4.78 is 7.45. The van der Waals surface area contributed by atoms with Crippen LogP contribution in [0.3, 0.4) is 0 Å². The molecule has 0 spiro atoms. The third kappa shape index (κ3) is 6.17. The third-order valence-electron chi connectivity index (χ3n) is 6.69. The van der Waals surface area contributed by atoms with Gasteiger partial charge in [0.05, 0.1) is 0 Å². The van der Waals surface area contributed by atoms with Crippen molar-refractivity contribution in [2.75, 3.05) is 31.6 Å². The second kappa shape index (κ2) is 11.1. The van der Waals surface area contributed by atoms with Gasteiger partial charge in [-0.15, -0.1) is 0 Å². The maximum Gasteiger partial charge on any atom is 0.259 e. The molecule has 7 nitrogen and oxygen atoms in total. The summed E-state index contributed by atoms with van der Waals surface area (Å²) in [5.74, 6) is 1.25. The van der Waals surface area contributed by atoms with E-state index in [0.29, 0.717) is 23.8 Å². The largest absolute Gasteiger partial charge is 0.492 e. The number of ether oxygens (including phenoxy) is 1. The lowest BCUT2D eigenvalue weighted by molar-refractivity contribution is 0.223. The van der Waals surface area contributed by atoms with E-state index >= 15 is 0 Å². The van der Waals surface area contributed by atoms with E-state index in [0.717, 1.165) is 42.0 Å². The Morgan fingerprint density at radius 1 is 1.00 bits per heavy atom. The van der Waals surface area contributed by atoms with Gasteiger partial charge in [0, 0.05) is 36.4 Å². The van der Waals surface area contributed by atoms with E-state index in [1.54, 1.807) is 17.8 Å². The Morgan fingerprint density at radius 3 is 2.30 bits per heavy atom. The van der Waals surface area contributed by atoms with Crippen molar-refractivity contribution in [3.8, 4) is 16.9 Å². The molecular weight excluding hydrogens is 462 g/mol. The first-order chi connectivity index (χ1) is 17.7. The van der Waals surface area contributed by atoms with Gasteiger partial charge in [0.2, 0.25) is 5.95 Å². The van der Waals surface area contributed by atoms with E-state index < -0.39 is 0 Å². The van der Waals surface area contributed by atoms with Crippen LogP contribution in [0, 0.1) is 0 Å². The molecule has 0 amide bonds. The maximum absolute atomic E-state index is 13.2. The number of fused-ring (bicyclic) bond motifs is 1. The van der Waals surface area contributed by atoms with Crippen molar-refractivity contribution in [2.24, 2.45) is 7.05 Å². The van der Waals surface area contributed by atoms with Crippen molar-refractivity contribution in [3.05, 3.63) is 76.7 Å². The van der Waals surface area contributed by atoms with E-state index in [2.05, 4.69) is 66.9 Å². The first-order valence-electron chi connectivity index (χ1n) is 12.9. The van der Waals surface area contributed by atoms with Crippen LogP contribution in [0.1, 0.15) is 40.2 Å². The van der Waals surface area contributed by atoms with Crippen LogP contribution < -0.4 is 15.6 Å². The van der Waals surface area contributed by atoms with Gasteiger partial charge in [0.15, 0.2) is 0 Å². The topological polar surface area (TPSA) is 72.3 Å². The number of nitrogens with one attached hydrogen (secondary N) is 1. The number of nitrogens with zero attached hydrogens (tertiary/aromatic N) is 4. The van der Waals surface area contributed by atoms with Gasteiger partial charge in [-0.25, -0.2) is 4.98 Å². The molecule has 0 saturated heterocycles. The van der Waals surface area contributed by atoms with E-state index in [1.165, 1.54) is 5.56 Å². The molecule has 4 aromatic rings. The number of likely N-dealkylation sites (N-methyl/N-ethyl adjacent to an activating group) is 1. The molecule has 2 aromatic heterocycles. The summed E-state index contributed by atoms with van der Waals surface area (Å²) in [5.41, 5.74) is 4.14. The second-order valence-corrected chi connectivity index (χ2v) is 10.2. The predicted molar refractivity (Wildman–Crippen MR) is 152 cm³/mol. The average molecular weight is 500 g/mol. The minimum Gasteiger partial charge on any atom is -0.492 e. The summed E-state index contributed by atoms with van der Waals surface area (Å²) in [6.07, 6.45) is 1.75. The highest BCUT2D eigenvalue weighted by atomic mass is 16.5. The molecule has 0 saturated carbocycles. The molecule has 37 heavy (non-hydrogen) atoms. The minimum atomic E-state index is -0.0909. The standard InChI is InChI=1S/C30H37N5O2/c1-7-35(8-2)17-18-37-25-15-13-24(14-16-25)32-29-31-20-22-19-26(28(36)34(6)27(22)33-29)21-9-11-23(12-10-21)30(3,4)5/h9-16,19-20H,7-8,17-18H2,1-6H3,(H,31,32,33). The number of rotatable bonds is 9. The number of hydrogen-bond donors (Lipinski definition) is 1. The number of pyridine rings is 1. The lowest BCUT2D eigenvalue weighted by Crippen LogP contribution is -2.27. The van der Waals surface area contributed by atoms with E-state index in [-0.39, 0.29) is 11.0 Å². The van der Waals surface area contributed by atoms with Crippen LogP contribution in [0.15, 0.2) is 65.6 Å². The quantitative estimate of drug-likeness (QED) is 0.316. The van der Waals surface area contributed by atoms with Crippen LogP contribution in [-0.4, -0.2) is 45.7 Å². The molecule has 194 valence electrons. The zero-order chi connectivity index (χ0) is 26.6. The van der Waals surface area contributed by atoms with Crippen LogP contribution >= 0.6 is 0 Å². The summed E-state index contributed by atoms with van der Waals surface area (Å²) >= 11 is 0. The Balaban J connectivity index is 1.50. The lowest BCUT2D eigenvalue weighted by atomic mass is 9.86. The summed E-state index contributed by atoms with van der Waals surface area (Å²) in [6.45, 7) is 14.4. The van der Waals surface area contributed by atoms with Crippen LogP contribution in [0.2, 0.25) is 0 Å². The SMILES string of the molecule is CCN(CC)CCOc1ccc(Nc2ncc3cc(-c4ccc(C(C)(C)C)cc4)c(=O)n(C)c3n2)cc1. The van der Waals surface area contributed by atoms with E-state index in [9.17, 15) is 4.79 Å². The van der Waals surface area contributed by atoms with Gasteiger partial charge < -0.3 is 15.0 Å². The van der Waals surface area contributed by atoms with Crippen molar-refractivity contribution in [1.29, 1.82) is 0 Å². The van der Waals surface area contributed by atoms with Gasteiger partial charge in [-0.1, -0.05) is 58.9 Å². The molecule has 4 rings (SSSR count). The molecule has 7 heteroatoms. The monoisotopic (exact) mass is 499 g/mol. The summed E-state index contributed by atoms with van der Waals surface area (Å²) in [7, 11) is 1.75. The van der Waals surface area contributed by atoms with Crippen LogP contribution in [-0.2, 0) is 12.5 Å². The minimum absolute atomic E-state index is 0.0582. The average Bonchev–Trinajstić information content (AvgIpc) is 2.89. The van der Waals surface area contributed by atoms with Crippen molar-refractivity contribution >= 4 is 22.7 Å². The van der Waals surface area contributed by atoms with Gasteiger partial charge >= 0.3 is 0 Å². The number of hydrogen-bond acceptors (Lipinski definition) is 6. The predicted octanol–water partition coefficient (Wildman–Crippen LogP) is 5.76. The first kappa shape index (κ1) is 26.4. The van der Waals surface area contributed by atoms with E-state index in [1.807, 2.05) is 42.5 Å². The molecule has 0 bridgehead atoms. The maximum atomic E-state index is 13.2. The van der Waals surface area contributed by atoms with Gasteiger partial charge in [-0.3, -0.25) is 9.36 Å². The highest BCUT2D eigenvalue weighted by Crippen LogP contribution is 2.26. The highest BCUT2D eigenvalue weighted by molar-refractivity contribution is 5.81. The number of aromatic nitrogens is 3. The van der Waals surface area contributed by atoms with Gasteiger partial charge in [0.1, 0.15) is 18.0 Å². The highest BCUT2D eigenvalue weighted by Gasteiger charge is 2.15. The van der Waals surface area contributed by atoms with E-state index in [4.69, 9.17) is 4.74 Å². The molecular formula is C30H37N5O2. The Morgan fingerprint density at radius 2 is 1.68 bits per heavy atom. The normalized spacial score (nSPS) is 11.8. The molecule has 1 N–H and O–H groups in total. The van der Waals surface area contributed by atoms with Gasteiger partial charge in [-0.2, -0.15) is 4.98 Å². The summed E-state index contributed by atoms with van der Waals surface area (Å²) in [6, 6.07) is 17.8. The molecule has 0 aliphatic carbocycles. The number of aryl methyl sites for hydroxylation is 1. The fourth-order valence-electron chi connectivity index (χ4n) is 4.26. The molecule has 2 heterocycles. The molecule has 0 fully saturated rings. The van der Waals surface area contributed by atoms with Crippen LogP contribution in [0.25, 0.3) is 22.2 Å². The molecule has 0 aliphatic heterocycles. The zero-order valence-electron chi connectivity index (χ0n) is 22.7. The second-order valence-electron chi connectivity index (χ2n) is 10.2. The van der Waals surface area contributed by atoms with Crippen molar-refractivity contribution in [1.82, 2.24) is 19.4 Å².